The smallest absolute Gasteiger partial charge is 0.163 e. The highest BCUT2D eigenvalue weighted by Gasteiger charge is 2.10. The van der Waals surface area contributed by atoms with Crippen LogP contribution in [0.15, 0.2) is 42.5 Å². The van der Waals surface area contributed by atoms with Crippen molar-refractivity contribution in [3.05, 3.63) is 70.5 Å². The lowest BCUT2D eigenvalue weighted by molar-refractivity contribution is 0.0982. The van der Waals surface area contributed by atoms with Crippen molar-refractivity contribution in [1.82, 2.24) is 0 Å². The van der Waals surface area contributed by atoms with E-state index in [1.54, 1.807) is 6.07 Å². The SMILES string of the molecule is Cc1ccc(CCC(=O)c2cc(F)ccc2C)cc1. The first-order valence-electron chi connectivity index (χ1n) is 6.41. The molecule has 1 nitrogen and oxygen atoms in total. The number of benzene rings is 2. The van der Waals surface area contributed by atoms with Gasteiger partial charge in [0.2, 0.25) is 0 Å². The molecule has 0 aromatic heterocycles. The molecule has 0 aliphatic heterocycles. The summed E-state index contributed by atoms with van der Waals surface area (Å²) in [5.41, 5.74) is 3.66. The van der Waals surface area contributed by atoms with Gasteiger partial charge < -0.3 is 0 Å². The van der Waals surface area contributed by atoms with Gasteiger partial charge in [0, 0.05) is 12.0 Å². The average molecular weight is 256 g/mol. The van der Waals surface area contributed by atoms with Gasteiger partial charge in [-0.25, -0.2) is 4.39 Å². The topological polar surface area (TPSA) is 17.1 Å². The molecule has 0 saturated carbocycles. The molecular formula is C17H17FO. The van der Waals surface area contributed by atoms with Crippen LogP contribution in [0.25, 0.3) is 0 Å². The number of hydrogen-bond acceptors (Lipinski definition) is 1. The summed E-state index contributed by atoms with van der Waals surface area (Å²) < 4.78 is 13.2. The number of halogens is 1. The minimum atomic E-state index is -0.357. The summed E-state index contributed by atoms with van der Waals surface area (Å²) in [7, 11) is 0. The fraction of sp³-hybridized carbons (Fsp3) is 0.235. The maximum atomic E-state index is 13.2. The van der Waals surface area contributed by atoms with Crippen LogP contribution < -0.4 is 0 Å². The number of hydrogen-bond donors (Lipinski definition) is 0. The number of aryl methyl sites for hydroxylation is 3. The number of Topliss-reactive ketones (excluding diaryl/α,β-unsaturated/α-hetero) is 1. The van der Waals surface area contributed by atoms with Crippen molar-refractivity contribution in [2.24, 2.45) is 0 Å². The maximum Gasteiger partial charge on any atom is 0.163 e. The second-order valence-electron chi connectivity index (χ2n) is 4.87. The van der Waals surface area contributed by atoms with Crippen molar-refractivity contribution in [2.75, 3.05) is 0 Å². The molecule has 19 heavy (non-hydrogen) atoms. The van der Waals surface area contributed by atoms with Gasteiger partial charge in [-0.05, 0) is 43.5 Å². The molecule has 0 amide bonds. The monoisotopic (exact) mass is 256 g/mol. The first kappa shape index (κ1) is 13.5. The zero-order chi connectivity index (χ0) is 13.8. The lowest BCUT2D eigenvalue weighted by atomic mass is 9.99. The molecule has 0 radical (unpaired) electrons. The molecule has 0 unspecified atom stereocenters. The molecule has 0 aliphatic carbocycles. The molecule has 0 heterocycles. The molecular weight excluding hydrogens is 239 g/mol. The molecule has 0 N–H and O–H groups in total. The summed E-state index contributed by atoms with van der Waals surface area (Å²) in [6.45, 7) is 3.86. The van der Waals surface area contributed by atoms with Gasteiger partial charge in [-0.15, -0.1) is 0 Å². The van der Waals surface area contributed by atoms with Crippen LogP contribution in [0.5, 0.6) is 0 Å². The predicted octanol–water partition coefficient (Wildman–Crippen LogP) is 4.26. The molecule has 2 aromatic carbocycles. The van der Waals surface area contributed by atoms with Crippen molar-refractivity contribution >= 4 is 5.78 Å². The van der Waals surface area contributed by atoms with E-state index in [-0.39, 0.29) is 11.6 Å². The molecule has 0 spiro atoms. The van der Waals surface area contributed by atoms with Gasteiger partial charge in [0.1, 0.15) is 5.82 Å². The second-order valence-corrected chi connectivity index (χ2v) is 4.87. The molecule has 98 valence electrons. The lowest BCUT2D eigenvalue weighted by Gasteiger charge is -2.05. The van der Waals surface area contributed by atoms with Crippen molar-refractivity contribution in [3.63, 3.8) is 0 Å². The largest absolute Gasteiger partial charge is 0.294 e. The Morgan fingerprint density at radius 1 is 1.05 bits per heavy atom. The molecule has 0 saturated heterocycles. The minimum absolute atomic E-state index is 0.00225. The Labute approximate surface area is 113 Å². The van der Waals surface area contributed by atoms with Gasteiger partial charge in [0.25, 0.3) is 0 Å². The molecule has 0 aliphatic rings. The van der Waals surface area contributed by atoms with E-state index in [1.165, 1.54) is 17.7 Å². The third-order valence-corrected chi connectivity index (χ3v) is 3.26. The first-order chi connectivity index (χ1) is 9.06. The Morgan fingerprint density at radius 3 is 2.42 bits per heavy atom. The highest BCUT2D eigenvalue weighted by molar-refractivity contribution is 5.97. The Bertz CT molecular complexity index is 585. The van der Waals surface area contributed by atoms with Crippen LogP contribution in [-0.2, 0) is 6.42 Å². The Morgan fingerprint density at radius 2 is 1.74 bits per heavy atom. The number of carbonyl (C=O) groups excluding carboxylic acids is 1. The molecule has 0 atom stereocenters. The van der Waals surface area contributed by atoms with E-state index in [0.717, 1.165) is 11.1 Å². The Hall–Kier alpha value is -1.96. The van der Waals surface area contributed by atoms with Gasteiger partial charge >= 0.3 is 0 Å². The number of rotatable bonds is 4. The molecule has 2 aromatic rings. The minimum Gasteiger partial charge on any atom is -0.294 e. The molecule has 0 fully saturated rings. The van der Waals surface area contributed by atoms with Crippen LogP contribution in [0.2, 0.25) is 0 Å². The van der Waals surface area contributed by atoms with E-state index in [9.17, 15) is 9.18 Å². The number of ketones is 1. The van der Waals surface area contributed by atoms with Gasteiger partial charge in [-0.2, -0.15) is 0 Å². The van der Waals surface area contributed by atoms with E-state index in [1.807, 2.05) is 38.1 Å². The summed E-state index contributed by atoms with van der Waals surface area (Å²) in [6, 6.07) is 12.5. The summed E-state index contributed by atoms with van der Waals surface area (Å²) in [6.07, 6.45) is 1.10. The van der Waals surface area contributed by atoms with Gasteiger partial charge in [0.05, 0.1) is 0 Å². The van der Waals surface area contributed by atoms with Gasteiger partial charge in [-0.3, -0.25) is 4.79 Å². The zero-order valence-electron chi connectivity index (χ0n) is 11.2. The zero-order valence-corrected chi connectivity index (χ0v) is 11.2. The van der Waals surface area contributed by atoms with E-state index in [2.05, 4.69) is 0 Å². The molecule has 2 rings (SSSR count). The van der Waals surface area contributed by atoms with Crippen LogP contribution in [0.3, 0.4) is 0 Å². The molecule has 0 bridgehead atoms. The van der Waals surface area contributed by atoms with Crippen molar-refractivity contribution in [1.29, 1.82) is 0 Å². The van der Waals surface area contributed by atoms with E-state index < -0.39 is 0 Å². The van der Waals surface area contributed by atoms with E-state index in [4.69, 9.17) is 0 Å². The highest BCUT2D eigenvalue weighted by Crippen LogP contribution is 2.14. The van der Waals surface area contributed by atoms with Crippen molar-refractivity contribution in [2.45, 2.75) is 26.7 Å². The van der Waals surface area contributed by atoms with Crippen LogP contribution >= 0.6 is 0 Å². The summed E-state index contributed by atoms with van der Waals surface area (Å²) >= 11 is 0. The van der Waals surface area contributed by atoms with Crippen LogP contribution in [-0.4, -0.2) is 5.78 Å². The van der Waals surface area contributed by atoms with E-state index in [0.29, 0.717) is 18.4 Å². The average Bonchev–Trinajstić information content (AvgIpc) is 2.40. The lowest BCUT2D eigenvalue weighted by Crippen LogP contribution is -2.04. The van der Waals surface area contributed by atoms with Gasteiger partial charge in [-0.1, -0.05) is 35.9 Å². The van der Waals surface area contributed by atoms with E-state index >= 15 is 0 Å². The van der Waals surface area contributed by atoms with Crippen molar-refractivity contribution in [3.8, 4) is 0 Å². The third-order valence-electron chi connectivity index (χ3n) is 3.26. The summed E-state index contributed by atoms with van der Waals surface area (Å²) in [5, 5.41) is 0. The van der Waals surface area contributed by atoms with Gasteiger partial charge in [0.15, 0.2) is 5.78 Å². The maximum absolute atomic E-state index is 13.2. The standard InChI is InChI=1S/C17H17FO/c1-12-3-6-14(7-4-12)8-10-17(19)16-11-15(18)9-5-13(16)2/h3-7,9,11H,8,10H2,1-2H3. The Kier molecular flexibility index (Phi) is 4.10. The third kappa shape index (κ3) is 3.50. The number of carbonyl (C=O) groups is 1. The van der Waals surface area contributed by atoms with Crippen molar-refractivity contribution < 1.29 is 9.18 Å². The summed E-state index contributed by atoms with van der Waals surface area (Å²) in [5.74, 6) is -0.359. The normalized spacial score (nSPS) is 10.5. The molecule has 2 heteroatoms. The fourth-order valence-corrected chi connectivity index (χ4v) is 2.04. The second kappa shape index (κ2) is 5.79. The quantitative estimate of drug-likeness (QED) is 0.747. The van der Waals surface area contributed by atoms with Crippen LogP contribution in [0.4, 0.5) is 4.39 Å². The first-order valence-corrected chi connectivity index (χ1v) is 6.41. The highest BCUT2D eigenvalue weighted by atomic mass is 19.1. The fourth-order valence-electron chi connectivity index (χ4n) is 2.04. The Balaban J connectivity index is 2.05. The predicted molar refractivity (Wildman–Crippen MR) is 75.0 cm³/mol. The summed E-state index contributed by atoms with van der Waals surface area (Å²) in [4.78, 5) is 12.1. The van der Waals surface area contributed by atoms with Crippen LogP contribution in [0.1, 0.15) is 33.5 Å². The van der Waals surface area contributed by atoms with Crippen LogP contribution in [0, 0.1) is 19.7 Å².